The van der Waals surface area contributed by atoms with Crippen LogP contribution in [0, 0.1) is 5.92 Å². The minimum Gasteiger partial charge on any atom is -0.372 e. The largest absolute Gasteiger partial charge is 0.372 e. The molecule has 1 fully saturated rings. The molecular formula is C20H29N. The summed E-state index contributed by atoms with van der Waals surface area (Å²) in [5.41, 5.74) is 5.56. The number of rotatable bonds is 4. The average molecular weight is 283 g/mol. The van der Waals surface area contributed by atoms with Crippen LogP contribution in [0.4, 0.5) is 0 Å². The molecular weight excluding hydrogens is 254 g/mol. The molecule has 0 aromatic heterocycles. The Hall–Kier alpha value is -1.50. The first-order chi connectivity index (χ1) is 9.91. The average Bonchev–Trinajstić information content (AvgIpc) is 2.64. The van der Waals surface area contributed by atoms with Crippen molar-refractivity contribution < 1.29 is 0 Å². The molecule has 0 spiro atoms. The van der Waals surface area contributed by atoms with Crippen LogP contribution in [0.5, 0.6) is 0 Å². The van der Waals surface area contributed by atoms with Crippen molar-refractivity contribution >= 4 is 0 Å². The minimum absolute atomic E-state index is 0.302. The zero-order valence-corrected chi connectivity index (χ0v) is 14.1. The predicted octanol–water partition coefficient (Wildman–Crippen LogP) is 5.40. The second-order valence-corrected chi connectivity index (χ2v) is 6.73. The summed E-state index contributed by atoms with van der Waals surface area (Å²) < 4.78 is 0. The fourth-order valence-corrected chi connectivity index (χ4v) is 3.90. The van der Waals surface area contributed by atoms with Gasteiger partial charge in [0.2, 0.25) is 0 Å². The van der Waals surface area contributed by atoms with Gasteiger partial charge in [-0.25, -0.2) is 0 Å². The van der Waals surface area contributed by atoms with Crippen LogP contribution < -0.4 is 0 Å². The SMILES string of the molecule is C=C/C=C\C(=C\C1=C(C)N(C)C2(C)CCCCC12)C(=C)C. The number of hydrogen-bond acceptors (Lipinski definition) is 1. The molecule has 0 saturated heterocycles. The predicted molar refractivity (Wildman–Crippen MR) is 93.1 cm³/mol. The van der Waals surface area contributed by atoms with Crippen molar-refractivity contribution in [3.63, 3.8) is 0 Å². The third-order valence-electron chi connectivity index (χ3n) is 5.45. The van der Waals surface area contributed by atoms with Crippen LogP contribution in [0.1, 0.15) is 46.5 Å². The van der Waals surface area contributed by atoms with E-state index in [0.717, 1.165) is 5.57 Å². The Morgan fingerprint density at radius 1 is 1.38 bits per heavy atom. The fourth-order valence-electron chi connectivity index (χ4n) is 3.90. The summed E-state index contributed by atoms with van der Waals surface area (Å²) in [6.07, 6.45) is 13.6. The molecule has 114 valence electrons. The molecule has 2 rings (SSSR count). The van der Waals surface area contributed by atoms with Crippen LogP contribution >= 0.6 is 0 Å². The highest BCUT2D eigenvalue weighted by Crippen LogP contribution is 2.49. The zero-order valence-electron chi connectivity index (χ0n) is 14.1. The van der Waals surface area contributed by atoms with Gasteiger partial charge in [-0.15, -0.1) is 0 Å². The Labute approximate surface area is 130 Å². The standard InChI is InChI=1S/C20H29N/c1-7-8-11-17(15(2)3)14-18-16(4)21(6)20(5)13-10-9-12-19(18)20/h7-8,11,14,19H,1-2,9-10,12-13H2,3-6H3/b11-8-,17-14-. The van der Waals surface area contributed by atoms with Gasteiger partial charge >= 0.3 is 0 Å². The van der Waals surface area contributed by atoms with E-state index in [-0.39, 0.29) is 0 Å². The highest BCUT2D eigenvalue weighted by atomic mass is 15.2. The third kappa shape index (κ3) is 2.79. The van der Waals surface area contributed by atoms with Gasteiger partial charge in [0.15, 0.2) is 0 Å². The molecule has 2 unspecified atom stereocenters. The zero-order chi connectivity index (χ0) is 15.6. The molecule has 2 aliphatic rings. The van der Waals surface area contributed by atoms with E-state index in [0.29, 0.717) is 11.5 Å². The highest BCUT2D eigenvalue weighted by molar-refractivity contribution is 5.47. The number of nitrogens with zero attached hydrogens (tertiary/aromatic N) is 1. The lowest BCUT2D eigenvalue weighted by Crippen LogP contribution is -2.45. The Morgan fingerprint density at radius 3 is 2.71 bits per heavy atom. The molecule has 0 aromatic carbocycles. The van der Waals surface area contributed by atoms with Crippen molar-refractivity contribution in [3.05, 3.63) is 59.9 Å². The van der Waals surface area contributed by atoms with Crippen LogP contribution in [0.25, 0.3) is 0 Å². The molecule has 0 bridgehead atoms. The van der Waals surface area contributed by atoms with Crippen molar-refractivity contribution in [3.8, 4) is 0 Å². The van der Waals surface area contributed by atoms with E-state index in [1.54, 1.807) is 0 Å². The maximum atomic E-state index is 4.13. The van der Waals surface area contributed by atoms with E-state index in [1.807, 2.05) is 12.2 Å². The van der Waals surface area contributed by atoms with Gasteiger partial charge in [-0.05, 0) is 50.8 Å². The van der Waals surface area contributed by atoms with Crippen molar-refractivity contribution in [1.82, 2.24) is 4.90 Å². The first-order valence-electron chi connectivity index (χ1n) is 8.03. The molecule has 0 radical (unpaired) electrons. The summed E-state index contributed by atoms with van der Waals surface area (Å²) in [7, 11) is 2.26. The summed E-state index contributed by atoms with van der Waals surface area (Å²) >= 11 is 0. The van der Waals surface area contributed by atoms with E-state index in [9.17, 15) is 0 Å². The van der Waals surface area contributed by atoms with E-state index in [2.05, 4.69) is 58.0 Å². The Morgan fingerprint density at radius 2 is 2.10 bits per heavy atom. The van der Waals surface area contributed by atoms with E-state index in [4.69, 9.17) is 0 Å². The molecule has 1 aliphatic heterocycles. The van der Waals surface area contributed by atoms with Crippen LogP contribution in [0.3, 0.4) is 0 Å². The Balaban J connectivity index is 2.43. The van der Waals surface area contributed by atoms with Crippen molar-refractivity contribution in [2.24, 2.45) is 5.92 Å². The molecule has 1 nitrogen and oxygen atoms in total. The number of allylic oxidation sites excluding steroid dienone is 7. The lowest BCUT2D eigenvalue weighted by molar-refractivity contribution is 0.110. The van der Waals surface area contributed by atoms with Gasteiger partial charge in [0.25, 0.3) is 0 Å². The Kier molecular flexibility index (Phi) is 4.61. The van der Waals surface area contributed by atoms with Gasteiger partial charge < -0.3 is 4.90 Å². The second kappa shape index (κ2) is 6.09. The van der Waals surface area contributed by atoms with Crippen LogP contribution in [-0.2, 0) is 0 Å². The number of hydrogen-bond donors (Lipinski definition) is 0. The van der Waals surface area contributed by atoms with Crippen molar-refractivity contribution in [2.45, 2.75) is 52.0 Å². The van der Waals surface area contributed by atoms with Crippen LogP contribution in [0.2, 0.25) is 0 Å². The fraction of sp³-hybridized carbons (Fsp3) is 0.500. The van der Waals surface area contributed by atoms with Gasteiger partial charge in [0, 0.05) is 24.2 Å². The molecule has 21 heavy (non-hydrogen) atoms. The normalized spacial score (nSPS) is 30.0. The molecule has 1 aliphatic carbocycles. The van der Waals surface area contributed by atoms with Crippen LogP contribution in [-0.4, -0.2) is 17.5 Å². The van der Waals surface area contributed by atoms with Crippen LogP contribution in [0.15, 0.2) is 59.9 Å². The molecule has 2 atom stereocenters. The Bertz CT molecular complexity index is 532. The first-order valence-corrected chi connectivity index (χ1v) is 8.03. The summed E-state index contributed by atoms with van der Waals surface area (Å²) in [4.78, 5) is 2.51. The quantitative estimate of drug-likeness (QED) is 0.624. The summed E-state index contributed by atoms with van der Waals surface area (Å²) in [5.74, 6) is 0.655. The van der Waals surface area contributed by atoms with Gasteiger partial charge in [-0.1, -0.05) is 49.8 Å². The van der Waals surface area contributed by atoms with Gasteiger partial charge in [0.05, 0.1) is 0 Å². The third-order valence-corrected chi connectivity index (χ3v) is 5.45. The van der Waals surface area contributed by atoms with E-state index < -0.39 is 0 Å². The summed E-state index contributed by atoms with van der Waals surface area (Å²) in [6, 6.07) is 0. The van der Waals surface area contributed by atoms with Gasteiger partial charge in [-0.3, -0.25) is 0 Å². The molecule has 1 saturated carbocycles. The monoisotopic (exact) mass is 283 g/mol. The minimum atomic E-state index is 0.302. The summed E-state index contributed by atoms with van der Waals surface area (Å²) in [5, 5.41) is 0. The van der Waals surface area contributed by atoms with Gasteiger partial charge in [-0.2, -0.15) is 0 Å². The molecule has 0 N–H and O–H groups in total. The van der Waals surface area contributed by atoms with Crippen molar-refractivity contribution in [1.29, 1.82) is 0 Å². The highest BCUT2D eigenvalue weighted by Gasteiger charge is 2.46. The first kappa shape index (κ1) is 15.9. The van der Waals surface area contributed by atoms with Gasteiger partial charge in [0.1, 0.15) is 0 Å². The molecule has 0 amide bonds. The smallest absolute Gasteiger partial charge is 0.0437 e. The lowest BCUT2D eigenvalue weighted by atomic mass is 9.72. The maximum Gasteiger partial charge on any atom is 0.0437 e. The topological polar surface area (TPSA) is 3.24 Å². The van der Waals surface area contributed by atoms with E-state index >= 15 is 0 Å². The molecule has 1 heterocycles. The molecule has 0 aromatic rings. The second-order valence-electron chi connectivity index (χ2n) is 6.73. The maximum absolute atomic E-state index is 4.13. The summed E-state index contributed by atoms with van der Waals surface area (Å²) in [6.45, 7) is 14.7. The van der Waals surface area contributed by atoms with E-state index in [1.165, 1.54) is 42.5 Å². The van der Waals surface area contributed by atoms with Crippen molar-refractivity contribution in [2.75, 3.05) is 7.05 Å². The lowest BCUT2D eigenvalue weighted by Gasteiger charge is -2.43. The number of fused-ring (bicyclic) bond motifs is 1. The molecule has 1 heteroatoms.